The molecule has 0 amide bonds. The molecule has 0 saturated carbocycles. The summed E-state index contributed by atoms with van der Waals surface area (Å²) >= 11 is 6.06. The summed E-state index contributed by atoms with van der Waals surface area (Å²) in [6.45, 7) is 7.98. The molecular formula is C15H24ClNO3S. The molecule has 1 rings (SSSR count). The van der Waals surface area contributed by atoms with Crippen molar-refractivity contribution in [1.82, 2.24) is 4.72 Å². The molecule has 21 heavy (non-hydrogen) atoms. The average Bonchev–Trinajstić information content (AvgIpc) is 2.36. The van der Waals surface area contributed by atoms with E-state index in [4.69, 9.17) is 16.3 Å². The Balaban J connectivity index is 3.08. The van der Waals surface area contributed by atoms with E-state index in [2.05, 4.69) is 11.6 Å². The number of unbranched alkanes of at least 4 members (excludes halogenated alkanes) is 2. The number of aryl methyl sites for hydroxylation is 1. The maximum absolute atomic E-state index is 12.4. The minimum atomic E-state index is -3.63. The van der Waals surface area contributed by atoms with E-state index in [0.29, 0.717) is 17.4 Å². The lowest BCUT2D eigenvalue weighted by Gasteiger charge is -2.15. The van der Waals surface area contributed by atoms with Crippen molar-refractivity contribution in [3.05, 3.63) is 22.7 Å². The first-order valence-corrected chi connectivity index (χ1v) is 9.09. The standard InChI is InChI=1S/C15H24ClNO3S/c1-5-6-7-8-20-14-9-12(4)13(16)10-15(14)21(18,19)17-11(2)3/h9-11,17H,5-8H2,1-4H3. The summed E-state index contributed by atoms with van der Waals surface area (Å²) in [6.07, 6.45) is 3.04. The first-order valence-electron chi connectivity index (χ1n) is 7.23. The van der Waals surface area contributed by atoms with Gasteiger partial charge in [-0.3, -0.25) is 0 Å². The number of sulfonamides is 1. The van der Waals surface area contributed by atoms with Gasteiger partial charge in [0.15, 0.2) is 0 Å². The predicted molar refractivity (Wildman–Crippen MR) is 86.7 cm³/mol. The Morgan fingerprint density at radius 1 is 1.29 bits per heavy atom. The van der Waals surface area contributed by atoms with E-state index in [-0.39, 0.29) is 10.9 Å². The Labute approximate surface area is 132 Å². The number of hydrogen-bond acceptors (Lipinski definition) is 3. The van der Waals surface area contributed by atoms with Gasteiger partial charge in [-0.25, -0.2) is 13.1 Å². The Morgan fingerprint density at radius 2 is 1.95 bits per heavy atom. The Hall–Kier alpha value is -0.780. The van der Waals surface area contributed by atoms with Crippen molar-refractivity contribution < 1.29 is 13.2 Å². The number of hydrogen-bond donors (Lipinski definition) is 1. The third kappa shape index (κ3) is 5.49. The zero-order valence-corrected chi connectivity index (χ0v) is 14.6. The van der Waals surface area contributed by atoms with Crippen LogP contribution in [-0.2, 0) is 10.0 Å². The maximum Gasteiger partial charge on any atom is 0.244 e. The van der Waals surface area contributed by atoms with Gasteiger partial charge in [-0.15, -0.1) is 0 Å². The van der Waals surface area contributed by atoms with Gasteiger partial charge in [0.1, 0.15) is 10.6 Å². The molecular weight excluding hydrogens is 310 g/mol. The molecule has 6 heteroatoms. The number of ether oxygens (including phenoxy) is 1. The van der Waals surface area contributed by atoms with E-state index in [1.165, 1.54) is 6.07 Å². The molecule has 0 unspecified atom stereocenters. The van der Waals surface area contributed by atoms with Crippen molar-refractivity contribution in [1.29, 1.82) is 0 Å². The highest BCUT2D eigenvalue weighted by atomic mass is 35.5. The molecule has 120 valence electrons. The predicted octanol–water partition coefficient (Wildman–Crippen LogP) is 3.90. The van der Waals surface area contributed by atoms with E-state index in [0.717, 1.165) is 24.8 Å². The first kappa shape index (κ1) is 18.3. The lowest BCUT2D eigenvalue weighted by Crippen LogP contribution is -2.30. The molecule has 0 radical (unpaired) electrons. The molecule has 0 aromatic heterocycles. The Kier molecular flexibility index (Phi) is 6.97. The summed E-state index contributed by atoms with van der Waals surface area (Å²) in [5, 5.41) is 0.417. The second-order valence-corrected chi connectivity index (χ2v) is 7.47. The number of benzene rings is 1. The van der Waals surface area contributed by atoms with Crippen LogP contribution in [0.15, 0.2) is 17.0 Å². The van der Waals surface area contributed by atoms with Crippen LogP contribution in [0.3, 0.4) is 0 Å². The Bertz CT molecular complexity index is 571. The largest absolute Gasteiger partial charge is 0.492 e. The topological polar surface area (TPSA) is 55.4 Å². The van der Waals surface area contributed by atoms with Gasteiger partial charge in [0, 0.05) is 11.1 Å². The highest BCUT2D eigenvalue weighted by molar-refractivity contribution is 7.89. The van der Waals surface area contributed by atoms with Crippen LogP contribution < -0.4 is 9.46 Å². The Morgan fingerprint density at radius 3 is 2.52 bits per heavy atom. The van der Waals surface area contributed by atoms with Gasteiger partial charge in [0.25, 0.3) is 0 Å². The van der Waals surface area contributed by atoms with Gasteiger partial charge in [0.2, 0.25) is 10.0 Å². The van der Waals surface area contributed by atoms with Crippen LogP contribution in [-0.4, -0.2) is 21.1 Å². The van der Waals surface area contributed by atoms with Crippen LogP contribution in [0.4, 0.5) is 0 Å². The summed E-state index contributed by atoms with van der Waals surface area (Å²) in [5.74, 6) is 0.362. The molecule has 1 N–H and O–H groups in total. The fourth-order valence-electron chi connectivity index (χ4n) is 1.87. The van der Waals surface area contributed by atoms with Crippen LogP contribution in [0.1, 0.15) is 45.6 Å². The van der Waals surface area contributed by atoms with Crippen LogP contribution in [0.5, 0.6) is 5.75 Å². The molecule has 0 aliphatic rings. The SMILES string of the molecule is CCCCCOc1cc(C)c(Cl)cc1S(=O)(=O)NC(C)C. The summed E-state index contributed by atoms with van der Waals surface area (Å²) in [7, 11) is -3.63. The van der Waals surface area contributed by atoms with Gasteiger partial charge < -0.3 is 4.74 Å². The lowest BCUT2D eigenvalue weighted by molar-refractivity contribution is 0.298. The monoisotopic (exact) mass is 333 g/mol. The second-order valence-electron chi connectivity index (χ2n) is 5.38. The molecule has 0 aliphatic carbocycles. The van der Waals surface area contributed by atoms with Crippen molar-refractivity contribution >= 4 is 21.6 Å². The van der Waals surface area contributed by atoms with Crippen LogP contribution in [0.2, 0.25) is 5.02 Å². The third-order valence-electron chi connectivity index (χ3n) is 2.91. The number of nitrogens with one attached hydrogen (secondary N) is 1. The molecule has 0 saturated heterocycles. The molecule has 0 heterocycles. The summed E-state index contributed by atoms with van der Waals surface area (Å²) in [4.78, 5) is 0.100. The highest BCUT2D eigenvalue weighted by Gasteiger charge is 2.22. The van der Waals surface area contributed by atoms with Crippen molar-refractivity contribution in [3.8, 4) is 5.75 Å². The zero-order chi connectivity index (χ0) is 16.0. The maximum atomic E-state index is 12.4. The number of halogens is 1. The van der Waals surface area contributed by atoms with Crippen LogP contribution in [0.25, 0.3) is 0 Å². The molecule has 4 nitrogen and oxygen atoms in total. The highest BCUT2D eigenvalue weighted by Crippen LogP contribution is 2.30. The second kappa shape index (κ2) is 8.01. The summed E-state index contributed by atoms with van der Waals surface area (Å²) in [5.41, 5.74) is 0.797. The van der Waals surface area contributed by atoms with Gasteiger partial charge >= 0.3 is 0 Å². The van der Waals surface area contributed by atoms with E-state index in [1.807, 2.05) is 6.92 Å². The molecule has 0 aliphatic heterocycles. The number of rotatable bonds is 8. The first-order chi connectivity index (χ1) is 9.77. The smallest absolute Gasteiger partial charge is 0.244 e. The van der Waals surface area contributed by atoms with Gasteiger partial charge in [-0.1, -0.05) is 31.4 Å². The van der Waals surface area contributed by atoms with Crippen molar-refractivity contribution in [2.45, 2.75) is 57.9 Å². The van der Waals surface area contributed by atoms with Gasteiger partial charge in [-0.2, -0.15) is 0 Å². The minimum absolute atomic E-state index is 0.100. The molecule has 1 aromatic rings. The van der Waals surface area contributed by atoms with E-state index >= 15 is 0 Å². The quantitative estimate of drug-likeness (QED) is 0.734. The molecule has 0 fully saturated rings. The van der Waals surface area contributed by atoms with E-state index < -0.39 is 10.0 Å². The van der Waals surface area contributed by atoms with Gasteiger partial charge in [-0.05, 0) is 44.9 Å². The summed E-state index contributed by atoms with van der Waals surface area (Å²) < 4.78 is 33.0. The summed E-state index contributed by atoms with van der Waals surface area (Å²) in [6, 6.07) is 2.95. The molecule has 0 spiro atoms. The lowest BCUT2D eigenvalue weighted by atomic mass is 10.2. The fourth-order valence-corrected chi connectivity index (χ4v) is 3.50. The average molecular weight is 334 g/mol. The zero-order valence-electron chi connectivity index (χ0n) is 13.1. The van der Waals surface area contributed by atoms with Crippen molar-refractivity contribution in [2.24, 2.45) is 0 Å². The molecule has 0 bridgehead atoms. The van der Waals surface area contributed by atoms with Crippen molar-refractivity contribution in [2.75, 3.05) is 6.61 Å². The molecule has 1 aromatic carbocycles. The van der Waals surface area contributed by atoms with Crippen molar-refractivity contribution in [3.63, 3.8) is 0 Å². The van der Waals surface area contributed by atoms with Crippen LogP contribution in [0, 0.1) is 6.92 Å². The fraction of sp³-hybridized carbons (Fsp3) is 0.600. The molecule has 0 atom stereocenters. The van der Waals surface area contributed by atoms with Gasteiger partial charge in [0.05, 0.1) is 6.61 Å². The normalized spacial score (nSPS) is 11.9. The van der Waals surface area contributed by atoms with E-state index in [1.54, 1.807) is 19.9 Å². The minimum Gasteiger partial charge on any atom is -0.492 e. The van der Waals surface area contributed by atoms with Crippen LogP contribution >= 0.6 is 11.6 Å². The third-order valence-corrected chi connectivity index (χ3v) is 5.00. The van der Waals surface area contributed by atoms with E-state index in [9.17, 15) is 8.42 Å².